The molecule has 0 bridgehead atoms. The number of esters is 1. The molecular weight excluding hydrogens is 332 g/mol. The minimum absolute atomic E-state index is 0.339. The van der Waals surface area contributed by atoms with Crippen LogP contribution in [-0.2, 0) is 11.3 Å². The van der Waals surface area contributed by atoms with Crippen molar-refractivity contribution in [1.29, 1.82) is 0 Å². The fourth-order valence-electron chi connectivity index (χ4n) is 2.20. The van der Waals surface area contributed by atoms with Gasteiger partial charge in [0.2, 0.25) is 0 Å². The topological polar surface area (TPSA) is 44.1 Å². The van der Waals surface area contributed by atoms with Crippen LogP contribution in [0.3, 0.4) is 0 Å². The number of aromatic nitrogens is 2. The first-order chi connectivity index (χ1) is 10.0. The highest BCUT2D eigenvalue weighted by molar-refractivity contribution is 9.10. The van der Waals surface area contributed by atoms with Crippen molar-refractivity contribution in [3.8, 4) is 11.3 Å². The van der Waals surface area contributed by atoms with Crippen molar-refractivity contribution in [1.82, 2.24) is 9.55 Å². The number of rotatable bonds is 5. The number of halogens is 1. The third kappa shape index (κ3) is 3.53. The van der Waals surface area contributed by atoms with Crippen LogP contribution < -0.4 is 0 Å². The monoisotopic (exact) mass is 350 g/mol. The molecule has 0 aliphatic carbocycles. The van der Waals surface area contributed by atoms with Gasteiger partial charge in [-0.3, -0.25) is 0 Å². The Morgan fingerprint density at radius 2 is 2.10 bits per heavy atom. The van der Waals surface area contributed by atoms with Gasteiger partial charge in [0, 0.05) is 16.6 Å². The van der Waals surface area contributed by atoms with Gasteiger partial charge in [0.05, 0.1) is 18.6 Å². The Kier molecular flexibility index (Phi) is 5.17. The maximum atomic E-state index is 12.1. The van der Waals surface area contributed by atoms with Crippen molar-refractivity contribution in [3.63, 3.8) is 0 Å². The third-order valence-corrected chi connectivity index (χ3v) is 3.69. The van der Waals surface area contributed by atoms with E-state index in [1.165, 1.54) is 0 Å². The van der Waals surface area contributed by atoms with Crippen LogP contribution in [0.25, 0.3) is 11.3 Å². The summed E-state index contributed by atoms with van der Waals surface area (Å²) >= 11 is 3.55. The van der Waals surface area contributed by atoms with Crippen molar-refractivity contribution < 1.29 is 9.53 Å². The van der Waals surface area contributed by atoms with E-state index in [-0.39, 0.29) is 5.97 Å². The molecule has 1 aromatic heterocycles. The van der Waals surface area contributed by atoms with Crippen LogP contribution in [0.5, 0.6) is 0 Å². The SMILES string of the molecule is CCOC(=O)c1ncn(CC(C)C)c1-c1ccccc1Br. The smallest absolute Gasteiger partial charge is 0.359 e. The van der Waals surface area contributed by atoms with E-state index in [0.717, 1.165) is 22.3 Å². The minimum atomic E-state index is -0.384. The molecule has 5 heteroatoms. The van der Waals surface area contributed by atoms with Gasteiger partial charge in [-0.2, -0.15) is 0 Å². The lowest BCUT2D eigenvalue weighted by Gasteiger charge is -2.13. The molecule has 0 fully saturated rings. The maximum Gasteiger partial charge on any atom is 0.359 e. The van der Waals surface area contributed by atoms with Gasteiger partial charge >= 0.3 is 5.97 Å². The van der Waals surface area contributed by atoms with Crippen LogP contribution in [0.1, 0.15) is 31.3 Å². The number of nitrogens with zero attached hydrogens (tertiary/aromatic N) is 2. The zero-order valence-corrected chi connectivity index (χ0v) is 14.1. The van der Waals surface area contributed by atoms with Crippen LogP contribution in [0, 0.1) is 5.92 Å². The number of hydrogen-bond acceptors (Lipinski definition) is 3. The van der Waals surface area contributed by atoms with E-state index >= 15 is 0 Å². The molecule has 0 radical (unpaired) electrons. The number of ether oxygens (including phenoxy) is 1. The zero-order valence-electron chi connectivity index (χ0n) is 12.5. The molecule has 0 atom stereocenters. The molecule has 0 aliphatic rings. The van der Waals surface area contributed by atoms with Crippen molar-refractivity contribution in [2.45, 2.75) is 27.3 Å². The average Bonchev–Trinajstić information content (AvgIpc) is 2.82. The quantitative estimate of drug-likeness (QED) is 0.761. The van der Waals surface area contributed by atoms with Gasteiger partial charge in [0.15, 0.2) is 5.69 Å². The second-order valence-corrected chi connectivity index (χ2v) is 6.04. The lowest BCUT2D eigenvalue weighted by Crippen LogP contribution is -2.10. The number of imidazole rings is 1. The second-order valence-electron chi connectivity index (χ2n) is 5.19. The van der Waals surface area contributed by atoms with Crippen molar-refractivity contribution in [2.75, 3.05) is 6.61 Å². The molecule has 0 N–H and O–H groups in total. The lowest BCUT2D eigenvalue weighted by atomic mass is 10.1. The molecule has 112 valence electrons. The highest BCUT2D eigenvalue weighted by Crippen LogP contribution is 2.31. The molecule has 0 aliphatic heterocycles. The van der Waals surface area contributed by atoms with Gasteiger partial charge in [-0.25, -0.2) is 9.78 Å². The molecule has 2 aromatic rings. The minimum Gasteiger partial charge on any atom is -0.461 e. The molecule has 0 amide bonds. The maximum absolute atomic E-state index is 12.1. The van der Waals surface area contributed by atoms with Crippen LogP contribution in [-0.4, -0.2) is 22.1 Å². The molecule has 21 heavy (non-hydrogen) atoms. The summed E-state index contributed by atoms with van der Waals surface area (Å²) < 4.78 is 8.06. The van der Waals surface area contributed by atoms with Gasteiger partial charge in [-0.1, -0.05) is 48.0 Å². The molecule has 0 saturated carbocycles. The molecule has 0 unspecified atom stereocenters. The number of benzene rings is 1. The van der Waals surface area contributed by atoms with Crippen LogP contribution in [0.4, 0.5) is 0 Å². The van der Waals surface area contributed by atoms with Crippen LogP contribution in [0.15, 0.2) is 35.1 Å². The number of carbonyl (C=O) groups excluding carboxylic acids is 1. The summed E-state index contributed by atoms with van der Waals surface area (Å²) in [5.41, 5.74) is 2.11. The van der Waals surface area contributed by atoms with Gasteiger partial charge in [0.25, 0.3) is 0 Å². The molecule has 0 saturated heterocycles. The Morgan fingerprint density at radius 1 is 1.38 bits per heavy atom. The Balaban J connectivity index is 2.56. The van der Waals surface area contributed by atoms with E-state index in [9.17, 15) is 4.79 Å². The zero-order chi connectivity index (χ0) is 15.4. The van der Waals surface area contributed by atoms with E-state index in [0.29, 0.717) is 18.2 Å². The summed E-state index contributed by atoms with van der Waals surface area (Å²) in [6, 6.07) is 7.82. The Hall–Kier alpha value is -1.62. The number of carbonyl (C=O) groups is 1. The van der Waals surface area contributed by atoms with Crippen molar-refractivity contribution in [2.24, 2.45) is 5.92 Å². The lowest BCUT2D eigenvalue weighted by molar-refractivity contribution is 0.0521. The van der Waals surface area contributed by atoms with E-state index in [4.69, 9.17) is 4.74 Å². The van der Waals surface area contributed by atoms with E-state index in [1.54, 1.807) is 13.3 Å². The fraction of sp³-hybridized carbons (Fsp3) is 0.375. The van der Waals surface area contributed by atoms with Gasteiger partial charge < -0.3 is 9.30 Å². The first-order valence-electron chi connectivity index (χ1n) is 7.01. The Bertz CT molecular complexity index is 635. The highest BCUT2D eigenvalue weighted by atomic mass is 79.9. The molecule has 1 heterocycles. The summed E-state index contributed by atoms with van der Waals surface area (Å²) in [5.74, 6) is 0.0706. The molecule has 0 spiro atoms. The Morgan fingerprint density at radius 3 is 2.71 bits per heavy atom. The number of hydrogen-bond donors (Lipinski definition) is 0. The van der Waals surface area contributed by atoms with Gasteiger partial charge in [-0.15, -0.1) is 0 Å². The first kappa shape index (κ1) is 15.8. The summed E-state index contributed by atoms with van der Waals surface area (Å²) in [5, 5.41) is 0. The molecule has 2 rings (SSSR count). The predicted molar refractivity (Wildman–Crippen MR) is 86.2 cm³/mol. The van der Waals surface area contributed by atoms with Gasteiger partial charge in [0.1, 0.15) is 0 Å². The van der Waals surface area contributed by atoms with Crippen LogP contribution in [0.2, 0.25) is 0 Å². The summed E-state index contributed by atoms with van der Waals surface area (Å²) in [4.78, 5) is 16.4. The normalized spacial score (nSPS) is 10.9. The fourth-order valence-corrected chi connectivity index (χ4v) is 2.67. The highest BCUT2D eigenvalue weighted by Gasteiger charge is 2.22. The van der Waals surface area contributed by atoms with E-state index in [1.807, 2.05) is 28.8 Å². The largest absolute Gasteiger partial charge is 0.461 e. The summed E-state index contributed by atoms with van der Waals surface area (Å²) in [7, 11) is 0. The van der Waals surface area contributed by atoms with Crippen LogP contribution >= 0.6 is 15.9 Å². The average molecular weight is 351 g/mol. The standard InChI is InChI=1S/C16H19BrN2O2/c1-4-21-16(20)14-15(12-7-5-6-8-13(12)17)19(10-18-14)9-11(2)3/h5-8,10-11H,4,9H2,1-3H3. The second kappa shape index (κ2) is 6.89. The van der Waals surface area contributed by atoms with Gasteiger partial charge in [-0.05, 0) is 18.9 Å². The van der Waals surface area contributed by atoms with E-state index < -0.39 is 0 Å². The van der Waals surface area contributed by atoms with E-state index in [2.05, 4.69) is 34.8 Å². The summed E-state index contributed by atoms with van der Waals surface area (Å²) in [6.07, 6.45) is 1.71. The Labute approximate surface area is 133 Å². The molecule has 1 aromatic carbocycles. The van der Waals surface area contributed by atoms with Crippen molar-refractivity contribution in [3.05, 3.63) is 40.8 Å². The predicted octanol–water partition coefficient (Wildman–Crippen LogP) is 4.15. The van der Waals surface area contributed by atoms with Crippen molar-refractivity contribution >= 4 is 21.9 Å². The summed E-state index contributed by atoms with van der Waals surface area (Å²) in [6.45, 7) is 7.19. The first-order valence-corrected chi connectivity index (χ1v) is 7.81. The third-order valence-electron chi connectivity index (χ3n) is 3.00. The molecule has 4 nitrogen and oxygen atoms in total. The molecular formula is C16H19BrN2O2.